The minimum Gasteiger partial charge on any atom is -0.369 e. The normalized spacial score (nSPS) is 12.5. The second-order valence-corrected chi connectivity index (χ2v) is 8.89. The number of carbonyl (C=O) groups excluding carboxylic acids is 3. The van der Waals surface area contributed by atoms with Crippen LogP contribution in [0.15, 0.2) is 59.7 Å². The summed E-state index contributed by atoms with van der Waals surface area (Å²) in [5.41, 5.74) is 15.6. The SMILES string of the molecule is NC(N)=NNCc1cccc(CN2C(=O)c3cccc(NC(=O)c4ccc(Cl)s4)c3C2=O)c1. The number of fused-ring (bicyclic) bond motifs is 1. The number of nitrogens with two attached hydrogens (primary N) is 2. The minimum atomic E-state index is -0.473. The molecule has 2 aromatic carbocycles. The van der Waals surface area contributed by atoms with Gasteiger partial charge in [-0.1, -0.05) is 41.9 Å². The molecular formula is C22H19ClN6O3S. The summed E-state index contributed by atoms with van der Waals surface area (Å²) in [5.74, 6) is -1.38. The van der Waals surface area contributed by atoms with Crippen LogP contribution >= 0.6 is 22.9 Å². The van der Waals surface area contributed by atoms with E-state index in [4.69, 9.17) is 23.1 Å². The zero-order valence-corrected chi connectivity index (χ0v) is 18.7. The van der Waals surface area contributed by atoms with Crippen LogP contribution in [0.4, 0.5) is 5.69 Å². The van der Waals surface area contributed by atoms with Crippen LogP contribution in [0.1, 0.15) is 41.5 Å². The molecule has 0 atom stereocenters. The lowest BCUT2D eigenvalue weighted by molar-refractivity contribution is 0.0642. The van der Waals surface area contributed by atoms with Gasteiger partial charge in [-0.3, -0.25) is 19.3 Å². The summed E-state index contributed by atoms with van der Waals surface area (Å²) in [6, 6.07) is 15.4. The second kappa shape index (κ2) is 9.31. The quantitative estimate of drug-likeness (QED) is 0.176. The van der Waals surface area contributed by atoms with Gasteiger partial charge in [0, 0.05) is 0 Å². The lowest BCUT2D eigenvalue weighted by atomic mass is 10.1. The fourth-order valence-electron chi connectivity index (χ4n) is 3.44. The van der Waals surface area contributed by atoms with Gasteiger partial charge in [0.25, 0.3) is 17.7 Å². The number of imide groups is 1. The van der Waals surface area contributed by atoms with Gasteiger partial charge in [-0.15, -0.1) is 16.4 Å². The number of hydrazone groups is 1. The molecule has 0 bridgehead atoms. The molecule has 0 saturated heterocycles. The summed E-state index contributed by atoms with van der Waals surface area (Å²) >= 11 is 7.03. The fraction of sp³-hybridized carbons (Fsp3) is 0.0909. The Hall–Kier alpha value is -3.89. The number of hydrogen-bond donors (Lipinski definition) is 4. The van der Waals surface area contributed by atoms with E-state index < -0.39 is 17.7 Å². The maximum Gasteiger partial charge on any atom is 0.265 e. The molecule has 9 nitrogen and oxygen atoms in total. The highest BCUT2D eigenvalue weighted by atomic mass is 35.5. The third kappa shape index (κ3) is 4.81. The summed E-state index contributed by atoms with van der Waals surface area (Å²) in [7, 11) is 0. The van der Waals surface area contributed by atoms with E-state index in [0.29, 0.717) is 15.8 Å². The third-order valence-corrected chi connectivity index (χ3v) is 6.10. The molecular weight excluding hydrogens is 464 g/mol. The highest BCUT2D eigenvalue weighted by Gasteiger charge is 2.37. The van der Waals surface area contributed by atoms with E-state index >= 15 is 0 Å². The Bertz CT molecular complexity index is 1280. The van der Waals surface area contributed by atoms with Crippen molar-refractivity contribution in [2.45, 2.75) is 13.1 Å². The minimum absolute atomic E-state index is 0.0798. The summed E-state index contributed by atoms with van der Waals surface area (Å²) in [4.78, 5) is 40.2. The first-order valence-electron chi connectivity index (χ1n) is 9.78. The van der Waals surface area contributed by atoms with Crippen LogP contribution in [0, 0.1) is 0 Å². The number of amides is 3. The van der Waals surface area contributed by atoms with Crippen molar-refractivity contribution in [1.82, 2.24) is 10.3 Å². The maximum absolute atomic E-state index is 13.2. The summed E-state index contributed by atoms with van der Waals surface area (Å²) < 4.78 is 0.478. The molecule has 1 aliphatic heterocycles. The van der Waals surface area contributed by atoms with Gasteiger partial charge in [-0.2, -0.15) is 0 Å². The second-order valence-electron chi connectivity index (χ2n) is 7.17. The standard InChI is InChI=1S/C22H19ClN6O3S/c23-17-8-7-16(33-17)19(30)27-15-6-2-5-14-18(15)21(32)29(20(14)31)11-13-4-1-3-12(9-13)10-26-28-22(24)25/h1-9,26H,10-11H2,(H,27,30)(H4,24,25,28). The Labute approximate surface area is 198 Å². The van der Waals surface area contributed by atoms with Crippen LogP contribution < -0.4 is 22.2 Å². The third-order valence-electron chi connectivity index (χ3n) is 4.87. The highest BCUT2D eigenvalue weighted by molar-refractivity contribution is 7.18. The molecule has 0 aliphatic carbocycles. The van der Waals surface area contributed by atoms with Crippen molar-refractivity contribution in [1.29, 1.82) is 0 Å². The average molecular weight is 483 g/mol. The molecule has 1 aliphatic rings. The smallest absolute Gasteiger partial charge is 0.265 e. The Morgan fingerprint density at radius 1 is 1.03 bits per heavy atom. The van der Waals surface area contributed by atoms with Crippen LogP contribution in [0.3, 0.4) is 0 Å². The highest BCUT2D eigenvalue weighted by Crippen LogP contribution is 2.31. The number of hydrogen-bond acceptors (Lipinski definition) is 6. The van der Waals surface area contributed by atoms with Gasteiger partial charge in [-0.05, 0) is 35.4 Å². The zero-order valence-electron chi connectivity index (χ0n) is 17.2. The Morgan fingerprint density at radius 3 is 2.52 bits per heavy atom. The number of rotatable bonds is 7. The molecule has 6 N–H and O–H groups in total. The van der Waals surface area contributed by atoms with Crippen molar-refractivity contribution in [3.8, 4) is 0 Å². The molecule has 3 amide bonds. The van der Waals surface area contributed by atoms with E-state index in [0.717, 1.165) is 27.4 Å². The van der Waals surface area contributed by atoms with Gasteiger partial charge in [0.2, 0.25) is 5.96 Å². The number of guanidine groups is 1. The van der Waals surface area contributed by atoms with Crippen molar-refractivity contribution < 1.29 is 14.4 Å². The molecule has 168 valence electrons. The molecule has 0 fully saturated rings. The van der Waals surface area contributed by atoms with E-state index in [9.17, 15) is 14.4 Å². The number of anilines is 1. The van der Waals surface area contributed by atoms with Crippen molar-refractivity contribution >= 4 is 52.3 Å². The number of carbonyl (C=O) groups is 3. The first kappa shape index (κ1) is 22.3. The monoisotopic (exact) mass is 482 g/mol. The Kier molecular flexibility index (Phi) is 6.29. The van der Waals surface area contributed by atoms with E-state index in [1.165, 1.54) is 0 Å². The first-order valence-corrected chi connectivity index (χ1v) is 11.0. The number of nitrogens with zero attached hydrogens (tertiary/aromatic N) is 2. The summed E-state index contributed by atoms with van der Waals surface area (Å²) in [5, 5.41) is 6.44. The van der Waals surface area contributed by atoms with Crippen molar-refractivity contribution in [3.63, 3.8) is 0 Å². The van der Waals surface area contributed by atoms with Crippen molar-refractivity contribution in [2.24, 2.45) is 16.6 Å². The van der Waals surface area contributed by atoms with E-state index in [2.05, 4.69) is 15.8 Å². The molecule has 1 aromatic heterocycles. The number of benzene rings is 2. The number of halogens is 1. The number of nitrogens with one attached hydrogen (secondary N) is 2. The van der Waals surface area contributed by atoms with Crippen LogP contribution in [-0.4, -0.2) is 28.6 Å². The van der Waals surface area contributed by atoms with E-state index in [1.54, 1.807) is 30.3 Å². The van der Waals surface area contributed by atoms with Gasteiger partial charge in [0.05, 0.1) is 39.1 Å². The van der Waals surface area contributed by atoms with Crippen LogP contribution in [-0.2, 0) is 13.1 Å². The molecule has 0 radical (unpaired) electrons. The maximum atomic E-state index is 13.2. The first-order chi connectivity index (χ1) is 15.8. The predicted octanol–water partition coefficient (Wildman–Crippen LogP) is 2.73. The molecule has 33 heavy (non-hydrogen) atoms. The lowest BCUT2D eigenvalue weighted by Crippen LogP contribution is -2.29. The van der Waals surface area contributed by atoms with E-state index in [-0.39, 0.29) is 29.3 Å². The molecule has 0 saturated carbocycles. The molecule has 11 heteroatoms. The summed E-state index contributed by atoms with van der Waals surface area (Å²) in [6.45, 7) is 0.452. The average Bonchev–Trinajstić information content (AvgIpc) is 3.32. The van der Waals surface area contributed by atoms with Gasteiger partial charge in [-0.25, -0.2) is 0 Å². The number of thiophene rings is 1. The van der Waals surface area contributed by atoms with Crippen LogP contribution in [0.25, 0.3) is 0 Å². The molecule has 2 heterocycles. The van der Waals surface area contributed by atoms with E-state index in [1.807, 2.05) is 24.3 Å². The van der Waals surface area contributed by atoms with Crippen molar-refractivity contribution in [3.05, 3.63) is 86.1 Å². The molecule has 3 aromatic rings. The molecule has 0 unspecified atom stereocenters. The fourth-order valence-corrected chi connectivity index (χ4v) is 4.38. The predicted molar refractivity (Wildman–Crippen MR) is 127 cm³/mol. The summed E-state index contributed by atoms with van der Waals surface area (Å²) in [6.07, 6.45) is 0. The Balaban J connectivity index is 1.53. The zero-order chi connectivity index (χ0) is 23.5. The van der Waals surface area contributed by atoms with Crippen molar-refractivity contribution in [2.75, 3.05) is 5.32 Å². The van der Waals surface area contributed by atoms with Crippen LogP contribution in [0.2, 0.25) is 4.34 Å². The lowest BCUT2D eigenvalue weighted by Gasteiger charge is -2.15. The topological polar surface area (TPSA) is 143 Å². The van der Waals surface area contributed by atoms with Gasteiger partial charge in [0.15, 0.2) is 0 Å². The molecule has 0 spiro atoms. The Morgan fingerprint density at radius 2 is 1.79 bits per heavy atom. The van der Waals surface area contributed by atoms with Gasteiger partial charge >= 0.3 is 0 Å². The van der Waals surface area contributed by atoms with Gasteiger partial charge in [0.1, 0.15) is 0 Å². The van der Waals surface area contributed by atoms with Crippen LogP contribution in [0.5, 0.6) is 0 Å². The van der Waals surface area contributed by atoms with Gasteiger partial charge < -0.3 is 22.2 Å². The largest absolute Gasteiger partial charge is 0.369 e. The molecule has 4 rings (SSSR count).